The summed E-state index contributed by atoms with van der Waals surface area (Å²) in [6, 6.07) is 7.96. The Labute approximate surface area is 127 Å². The molecule has 7 nitrogen and oxygen atoms in total. The number of amides is 1. The third kappa shape index (κ3) is 3.29. The average molecular weight is 352 g/mol. The van der Waals surface area contributed by atoms with Crippen molar-refractivity contribution in [3.05, 3.63) is 56.5 Å². The molecule has 0 aliphatic rings. The summed E-state index contributed by atoms with van der Waals surface area (Å²) in [4.78, 5) is 22.1. The second-order valence-electron chi connectivity index (χ2n) is 4.15. The van der Waals surface area contributed by atoms with Gasteiger partial charge in [-0.15, -0.1) is 0 Å². The van der Waals surface area contributed by atoms with E-state index in [1.807, 2.05) is 0 Å². The van der Waals surface area contributed by atoms with Crippen molar-refractivity contribution in [3.8, 4) is 5.75 Å². The maximum atomic E-state index is 12.0. The largest absolute Gasteiger partial charge is 0.506 e. The van der Waals surface area contributed by atoms with Crippen LogP contribution in [-0.2, 0) is 0 Å². The molecular weight excluding hydrogens is 342 g/mol. The average Bonchev–Trinajstić information content (AvgIpc) is 2.43. The Kier molecular flexibility index (Phi) is 4.08. The van der Waals surface area contributed by atoms with E-state index in [-0.39, 0.29) is 22.7 Å². The van der Waals surface area contributed by atoms with Crippen molar-refractivity contribution in [1.29, 1.82) is 0 Å². The van der Waals surface area contributed by atoms with Crippen molar-refractivity contribution >= 4 is 38.9 Å². The summed E-state index contributed by atoms with van der Waals surface area (Å²) in [5.41, 5.74) is 6.04. The van der Waals surface area contributed by atoms with Crippen LogP contribution < -0.4 is 11.1 Å². The number of benzene rings is 2. The molecule has 0 bridgehead atoms. The zero-order valence-electron chi connectivity index (χ0n) is 10.5. The Morgan fingerprint density at radius 1 is 1.29 bits per heavy atom. The zero-order valence-corrected chi connectivity index (χ0v) is 12.1. The van der Waals surface area contributed by atoms with Gasteiger partial charge >= 0.3 is 0 Å². The fraction of sp³-hybridized carbons (Fsp3) is 0. The number of phenols is 1. The van der Waals surface area contributed by atoms with Crippen LogP contribution in [0, 0.1) is 10.1 Å². The first-order chi connectivity index (χ1) is 9.88. The van der Waals surface area contributed by atoms with Gasteiger partial charge in [0.05, 0.1) is 10.6 Å². The Morgan fingerprint density at radius 3 is 2.62 bits per heavy atom. The van der Waals surface area contributed by atoms with Gasteiger partial charge in [-0.3, -0.25) is 14.9 Å². The van der Waals surface area contributed by atoms with E-state index in [1.54, 1.807) is 6.07 Å². The molecule has 0 aliphatic heterocycles. The highest BCUT2D eigenvalue weighted by atomic mass is 79.9. The lowest BCUT2D eigenvalue weighted by molar-refractivity contribution is -0.384. The molecular formula is C13H10BrN3O4. The molecule has 0 radical (unpaired) electrons. The molecule has 0 saturated heterocycles. The minimum Gasteiger partial charge on any atom is -0.506 e. The first-order valence-corrected chi connectivity index (χ1v) is 6.51. The van der Waals surface area contributed by atoms with Crippen molar-refractivity contribution in [3.63, 3.8) is 0 Å². The number of nitrogens with two attached hydrogens (primary N) is 1. The summed E-state index contributed by atoms with van der Waals surface area (Å²) in [6.07, 6.45) is 0. The van der Waals surface area contributed by atoms with Crippen LogP contribution in [0.1, 0.15) is 10.4 Å². The van der Waals surface area contributed by atoms with E-state index in [2.05, 4.69) is 21.2 Å². The number of nitrogens with one attached hydrogen (secondary N) is 1. The number of anilines is 2. The summed E-state index contributed by atoms with van der Waals surface area (Å²) in [7, 11) is 0. The van der Waals surface area contributed by atoms with Crippen LogP contribution in [0.25, 0.3) is 0 Å². The summed E-state index contributed by atoms with van der Waals surface area (Å²) < 4.78 is 0.650. The quantitative estimate of drug-likeness (QED) is 0.340. The van der Waals surface area contributed by atoms with E-state index in [9.17, 15) is 20.0 Å². The van der Waals surface area contributed by atoms with Gasteiger partial charge in [-0.1, -0.05) is 0 Å². The van der Waals surface area contributed by atoms with E-state index in [1.165, 1.54) is 12.1 Å². The molecule has 8 heteroatoms. The Hall–Kier alpha value is -2.61. The van der Waals surface area contributed by atoms with Gasteiger partial charge in [0.1, 0.15) is 5.75 Å². The SMILES string of the molecule is Nc1cc(C(=O)Nc2cc([N+](=O)[O-])ccc2O)ccc1Br. The minimum absolute atomic E-state index is 0.0457. The first kappa shape index (κ1) is 14.8. The normalized spacial score (nSPS) is 10.1. The van der Waals surface area contributed by atoms with Crippen LogP contribution in [0.3, 0.4) is 0 Å². The van der Waals surface area contributed by atoms with Crippen LogP contribution in [0.5, 0.6) is 5.75 Å². The van der Waals surface area contributed by atoms with Crippen molar-refractivity contribution in [2.45, 2.75) is 0 Å². The maximum Gasteiger partial charge on any atom is 0.271 e. The minimum atomic E-state index is -0.618. The summed E-state index contributed by atoms with van der Waals surface area (Å²) in [5, 5.41) is 22.7. The van der Waals surface area contributed by atoms with Gasteiger partial charge in [-0.05, 0) is 40.2 Å². The number of carbonyl (C=O) groups is 1. The Bertz CT molecular complexity index is 733. The lowest BCUT2D eigenvalue weighted by Crippen LogP contribution is -2.12. The molecule has 0 fully saturated rings. The van der Waals surface area contributed by atoms with E-state index >= 15 is 0 Å². The van der Waals surface area contributed by atoms with Crippen molar-refractivity contribution < 1.29 is 14.8 Å². The van der Waals surface area contributed by atoms with E-state index in [0.717, 1.165) is 18.2 Å². The third-order valence-electron chi connectivity index (χ3n) is 2.70. The Morgan fingerprint density at radius 2 is 2.00 bits per heavy atom. The van der Waals surface area contributed by atoms with Gasteiger partial charge in [-0.2, -0.15) is 0 Å². The number of hydrogen-bond acceptors (Lipinski definition) is 5. The van der Waals surface area contributed by atoms with Crippen LogP contribution in [0.15, 0.2) is 40.9 Å². The molecule has 108 valence electrons. The maximum absolute atomic E-state index is 12.0. The number of carbonyl (C=O) groups excluding carboxylic acids is 1. The molecule has 0 unspecified atom stereocenters. The summed E-state index contributed by atoms with van der Waals surface area (Å²) in [5.74, 6) is -0.802. The number of halogens is 1. The van der Waals surface area contributed by atoms with Crippen molar-refractivity contribution in [1.82, 2.24) is 0 Å². The van der Waals surface area contributed by atoms with Gasteiger partial charge < -0.3 is 16.2 Å². The molecule has 21 heavy (non-hydrogen) atoms. The van der Waals surface area contributed by atoms with Crippen LogP contribution in [0.4, 0.5) is 17.1 Å². The number of nitro benzene ring substituents is 1. The predicted molar refractivity (Wildman–Crippen MR) is 81.3 cm³/mol. The fourth-order valence-corrected chi connectivity index (χ4v) is 1.86. The fourth-order valence-electron chi connectivity index (χ4n) is 1.62. The van der Waals surface area contributed by atoms with E-state index < -0.39 is 10.8 Å². The molecule has 2 aromatic rings. The van der Waals surface area contributed by atoms with Crippen LogP contribution in [-0.4, -0.2) is 15.9 Å². The third-order valence-corrected chi connectivity index (χ3v) is 3.42. The number of aromatic hydroxyl groups is 1. The molecule has 2 aromatic carbocycles. The van der Waals surface area contributed by atoms with Gasteiger partial charge in [0, 0.05) is 27.9 Å². The second-order valence-corrected chi connectivity index (χ2v) is 5.00. The topological polar surface area (TPSA) is 118 Å². The number of rotatable bonds is 3. The molecule has 1 amide bonds. The molecule has 0 aromatic heterocycles. The molecule has 2 rings (SSSR count). The molecule has 0 atom stereocenters. The first-order valence-electron chi connectivity index (χ1n) is 5.72. The van der Waals surface area contributed by atoms with E-state index in [4.69, 9.17) is 5.73 Å². The number of hydrogen-bond donors (Lipinski definition) is 3. The van der Waals surface area contributed by atoms with Crippen LogP contribution >= 0.6 is 15.9 Å². The molecule has 0 aliphatic carbocycles. The molecule has 0 spiro atoms. The highest BCUT2D eigenvalue weighted by Crippen LogP contribution is 2.28. The monoisotopic (exact) mass is 351 g/mol. The number of nitrogens with zero attached hydrogens (tertiary/aromatic N) is 1. The Balaban J connectivity index is 2.28. The number of nitro groups is 1. The highest BCUT2D eigenvalue weighted by molar-refractivity contribution is 9.10. The zero-order chi connectivity index (χ0) is 15.6. The van der Waals surface area contributed by atoms with Gasteiger partial charge in [-0.25, -0.2) is 0 Å². The van der Waals surface area contributed by atoms with Gasteiger partial charge in [0.15, 0.2) is 0 Å². The van der Waals surface area contributed by atoms with Gasteiger partial charge in [0.2, 0.25) is 0 Å². The molecule has 4 N–H and O–H groups in total. The van der Waals surface area contributed by atoms with Crippen molar-refractivity contribution in [2.75, 3.05) is 11.1 Å². The standard InChI is InChI=1S/C13H10BrN3O4/c14-9-3-1-7(5-10(9)15)13(19)16-11-6-8(17(20)21)2-4-12(11)18/h1-6,18H,15H2,(H,16,19). The lowest BCUT2D eigenvalue weighted by atomic mass is 10.2. The number of nitrogen functional groups attached to an aromatic ring is 1. The lowest BCUT2D eigenvalue weighted by Gasteiger charge is -2.08. The van der Waals surface area contributed by atoms with Crippen LogP contribution in [0.2, 0.25) is 0 Å². The predicted octanol–water partition coefficient (Wildman–Crippen LogP) is 2.90. The van der Waals surface area contributed by atoms with E-state index in [0.29, 0.717) is 10.2 Å². The number of phenolic OH excluding ortho intramolecular Hbond substituents is 1. The summed E-state index contributed by atoms with van der Waals surface area (Å²) >= 11 is 3.21. The van der Waals surface area contributed by atoms with Gasteiger partial charge in [0.25, 0.3) is 11.6 Å². The molecule has 0 heterocycles. The molecule has 0 saturated carbocycles. The second kappa shape index (κ2) is 5.80. The smallest absolute Gasteiger partial charge is 0.271 e. The highest BCUT2D eigenvalue weighted by Gasteiger charge is 2.14. The summed E-state index contributed by atoms with van der Waals surface area (Å²) in [6.45, 7) is 0. The number of non-ortho nitro benzene ring substituents is 1. The van der Waals surface area contributed by atoms with Crippen molar-refractivity contribution in [2.24, 2.45) is 0 Å².